The smallest absolute Gasteiger partial charge is 0.137 e. The third-order valence-corrected chi connectivity index (χ3v) is 4.12. The molecule has 0 atom stereocenters. The summed E-state index contributed by atoms with van der Waals surface area (Å²) < 4.78 is 1.82. The zero-order chi connectivity index (χ0) is 17.6. The Balaban J connectivity index is 1.38. The fourth-order valence-corrected chi connectivity index (χ4v) is 2.89. The van der Waals surface area contributed by atoms with Gasteiger partial charge in [0.1, 0.15) is 12.7 Å². The molecule has 0 spiro atoms. The zero-order valence-electron chi connectivity index (χ0n) is 14.2. The van der Waals surface area contributed by atoms with Gasteiger partial charge in [0, 0.05) is 36.6 Å². The standard InChI is InChI=1S/C19H19N7/c1-3-15(7-16(4-1)12-26-14-22-13-24-26)8-21-10-18-11-23-25-19(18)17-5-2-6-20-9-17/h1-7,9,11,13-14,21H,8,10,12H2,(H,23,25). The Hall–Kier alpha value is -3.32. The molecule has 3 heterocycles. The molecule has 0 aliphatic carbocycles. The topological polar surface area (TPSA) is 84.3 Å². The minimum absolute atomic E-state index is 0.723. The number of H-pyrrole nitrogens is 1. The third-order valence-electron chi connectivity index (χ3n) is 4.12. The van der Waals surface area contributed by atoms with Gasteiger partial charge in [-0.2, -0.15) is 10.2 Å². The van der Waals surface area contributed by atoms with Crippen LogP contribution in [0.3, 0.4) is 0 Å². The van der Waals surface area contributed by atoms with Crippen LogP contribution in [0.15, 0.2) is 67.6 Å². The van der Waals surface area contributed by atoms with Crippen LogP contribution >= 0.6 is 0 Å². The molecule has 0 saturated carbocycles. The molecule has 7 nitrogen and oxygen atoms in total. The fraction of sp³-hybridized carbons (Fsp3) is 0.158. The van der Waals surface area contributed by atoms with Crippen molar-refractivity contribution in [2.75, 3.05) is 0 Å². The molecule has 0 bridgehead atoms. The first-order valence-corrected chi connectivity index (χ1v) is 8.42. The normalized spacial score (nSPS) is 10.9. The van der Waals surface area contributed by atoms with Crippen LogP contribution in [0.4, 0.5) is 0 Å². The van der Waals surface area contributed by atoms with Crippen molar-refractivity contribution in [3.05, 3.63) is 84.3 Å². The van der Waals surface area contributed by atoms with E-state index in [1.807, 2.05) is 29.2 Å². The van der Waals surface area contributed by atoms with Gasteiger partial charge in [0.25, 0.3) is 0 Å². The molecule has 4 rings (SSSR count). The Labute approximate surface area is 151 Å². The highest BCUT2D eigenvalue weighted by Gasteiger charge is 2.07. The molecule has 4 aromatic rings. The first-order chi connectivity index (χ1) is 12.9. The van der Waals surface area contributed by atoms with Crippen molar-refractivity contribution in [1.29, 1.82) is 0 Å². The maximum Gasteiger partial charge on any atom is 0.137 e. The highest BCUT2D eigenvalue weighted by atomic mass is 15.3. The second kappa shape index (κ2) is 7.71. The second-order valence-electron chi connectivity index (χ2n) is 6.03. The van der Waals surface area contributed by atoms with E-state index in [-0.39, 0.29) is 0 Å². The number of benzene rings is 1. The highest BCUT2D eigenvalue weighted by Crippen LogP contribution is 2.19. The summed E-state index contributed by atoms with van der Waals surface area (Å²) in [5.41, 5.74) is 5.60. The van der Waals surface area contributed by atoms with Crippen molar-refractivity contribution in [1.82, 2.24) is 35.3 Å². The summed E-state index contributed by atoms with van der Waals surface area (Å²) in [5, 5.41) is 14.9. The molecule has 0 aliphatic rings. The van der Waals surface area contributed by atoms with E-state index in [1.165, 1.54) is 11.1 Å². The minimum Gasteiger partial charge on any atom is -0.308 e. The Morgan fingerprint density at radius 1 is 1.00 bits per heavy atom. The van der Waals surface area contributed by atoms with Crippen LogP contribution in [0.1, 0.15) is 16.7 Å². The van der Waals surface area contributed by atoms with Gasteiger partial charge in [-0.25, -0.2) is 9.67 Å². The lowest BCUT2D eigenvalue weighted by atomic mass is 10.1. The van der Waals surface area contributed by atoms with Crippen LogP contribution in [-0.2, 0) is 19.6 Å². The summed E-state index contributed by atoms with van der Waals surface area (Å²) in [6.45, 7) is 2.23. The molecule has 0 fully saturated rings. The molecule has 3 aromatic heterocycles. The number of aromatic amines is 1. The first-order valence-electron chi connectivity index (χ1n) is 8.42. The van der Waals surface area contributed by atoms with E-state index < -0.39 is 0 Å². The van der Waals surface area contributed by atoms with Crippen molar-refractivity contribution in [2.24, 2.45) is 0 Å². The number of pyridine rings is 1. The lowest BCUT2D eigenvalue weighted by Crippen LogP contribution is -2.13. The number of aromatic nitrogens is 6. The Bertz CT molecular complexity index is 945. The maximum atomic E-state index is 4.17. The Morgan fingerprint density at radius 2 is 1.96 bits per heavy atom. The number of rotatable bonds is 7. The molecule has 130 valence electrons. The van der Waals surface area contributed by atoms with Gasteiger partial charge >= 0.3 is 0 Å². The number of nitrogens with one attached hydrogen (secondary N) is 2. The van der Waals surface area contributed by atoms with E-state index in [1.54, 1.807) is 18.9 Å². The second-order valence-corrected chi connectivity index (χ2v) is 6.03. The number of nitrogens with zero attached hydrogens (tertiary/aromatic N) is 5. The van der Waals surface area contributed by atoms with Crippen LogP contribution in [-0.4, -0.2) is 29.9 Å². The van der Waals surface area contributed by atoms with Gasteiger partial charge in [-0.3, -0.25) is 10.1 Å². The van der Waals surface area contributed by atoms with Gasteiger partial charge in [-0.05, 0) is 23.3 Å². The molecule has 0 saturated heterocycles. The van der Waals surface area contributed by atoms with Gasteiger partial charge in [0.05, 0.1) is 18.4 Å². The van der Waals surface area contributed by atoms with Crippen molar-refractivity contribution < 1.29 is 0 Å². The monoisotopic (exact) mass is 345 g/mol. The molecule has 2 N–H and O–H groups in total. The van der Waals surface area contributed by atoms with Crippen molar-refractivity contribution in [3.8, 4) is 11.3 Å². The lowest BCUT2D eigenvalue weighted by Gasteiger charge is -2.08. The minimum atomic E-state index is 0.723. The molecule has 0 aliphatic heterocycles. The van der Waals surface area contributed by atoms with Crippen LogP contribution in [0, 0.1) is 0 Å². The van der Waals surface area contributed by atoms with Crippen LogP contribution < -0.4 is 5.32 Å². The average Bonchev–Trinajstić information content (AvgIpc) is 3.35. The first kappa shape index (κ1) is 16.2. The summed E-state index contributed by atoms with van der Waals surface area (Å²) in [7, 11) is 0. The van der Waals surface area contributed by atoms with E-state index in [0.717, 1.165) is 36.5 Å². The van der Waals surface area contributed by atoms with E-state index in [2.05, 4.69) is 54.8 Å². The van der Waals surface area contributed by atoms with Gasteiger partial charge in [-0.15, -0.1) is 0 Å². The van der Waals surface area contributed by atoms with Crippen LogP contribution in [0.25, 0.3) is 11.3 Å². The number of hydrogen-bond donors (Lipinski definition) is 2. The Kier molecular flexibility index (Phi) is 4.79. The quantitative estimate of drug-likeness (QED) is 0.537. The maximum absolute atomic E-state index is 4.17. The van der Waals surface area contributed by atoms with Gasteiger partial charge < -0.3 is 5.32 Å². The predicted octanol–water partition coefficient (Wildman–Crippen LogP) is 2.40. The van der Waals surface area contributed by atoms with Gasteiger partial charge in [0.15, 0.2) is 0 Å². The molecular formula is C19H19N7. The van der Waals surface area contributed by atoms with E-state index in [0.29, 0.717) is 0 Å². The van der Waals surface area contributed by atoms with Gasteiger partial charge in [-0.1, -0.05) is 24.3 Å². The molecular weight excluding hydrogens is 326 g/mol. The predicted molar refractivity (Wildman–Crippen MR) is 97.9 cm³/mol. The summed E-state index contributed by atoms with van der Waals surface area (Å²) in [4.78, 5) is 8.15. The van der Waals surface area contributed by atoms with E-state index in [4.69, 9.17) is 0 Å². The lowest BCUT2D eigenvalue weighted by molar-refractivity contribution is 0.676. The summed E-state index contributed by atoms with van der Waals surface area (Å²) >= 11 is 0. The summed E-state index contributed by atoms with van der Waals surface area (Å²) in [5.74, 6) is 0. The van der Waals surface area contributed by atoms with Crippen molar-refractivity contribution >= 4 is 0 Å². The highest BCUT2D eigenvalue weighted by molar-refractivity contribution is 5.61. The molecule has 0 radical (unpaired) electrons. The molecule has 0 unspecified atom stereocenters. The SMILES string of the molecule is c1cc(CNCc2cn[nH]c2-c2cccnc2)cc(Cn2cncn2)c1. The van der Waals surface area contributed by atoms with E-state index >= 15 is 0 Å². The summed E-state index contributed by atoms with van der Waals surface area (Å²) in [6, 6.07) is 12.4. The third kappa shape index (κ3) is 3.84. The summed E-state index contributed by atoms with van der Waals surface area (Å²) in [6.07, 6.45) is 8.74. The zero-order valence-corrected chi connectivity index (χ0v) is 14.2. The van der Waals surface area contributed by atoms with Crippen LogP contribution in [0.5, 0.6) is 0 Å². The molecule has 7 heteroatoms. The van der Waals surface area contributed by atoms with Gasteiger partial charge in [0.2, 0.25) is 0 Å². The largest absolute Gasteiger partial charge is 0.308 e. The van der Waals surface area contributed by atoms with Crippen molar-refractivity contribution in [2.45, 2.75) is 19.6 Å². The van der Waals surface area contributed by atoms with Crippen LogP contribution in [0.2, 0.25) is 0 Å². The molecule has 1 aromatic carbocycles. The molecule has 26 heavy (non-hydrogen) atoms. The van der Waals surface area contributed by atoms with Crippen molar-refractivity contribution in [3.63, 3.8) is 0 Å². The number of hydrogen-bond acceptors (Lipinski definition) is 5. The fourth-order valence-electron chi connectivity index (χ4n) is 2.89. The van der Waals surface area contributed by atoms with E-state index in [9.17, 15) is 0 Å². The Morgan fingerprint density at radius 3 is 2.81 bits per heavy atom. The molecule has 0 amide bonds. The average molecular weight is 345 g/mol.